The average molecular weight is 268 g/mol. The van der Waals surface area contributed by atoms with E-state index in [9.17, 15) is 9.90 Å². The van der Waals surface area contributed by atoms with Crippen LogP contribution in [0.25, 0.3) is 10.9 Å². The number of anilines is 1. The molecule has 4 nitrogen and oxygen atoms in total. The number of nitrogens with zero attached hydrogens (tertiary/aromatic N) is 2. The molecule has 4 heteroatoms. The number of carbonyl (C=O) groups is 1. The highest BCUT2D eigenvalue weighted by atomic mass is 16.4. The Hall–Kier alpha value is -2.10. The van der Waals surface area contributed by atoms with Crippen molar-refractivity contribution < 1.29 is 9.90 Å². The molecule has 2 aliphatic rings. The van der Waals surface area contributed by atoms with Crippen LogP contribution in [-0.2, 0) is 0 Å². The first-order valence-electron chi connectivity index (χ1n) is 7.13. The fourth-order valence-corrected chi connectivity index (χ4v) is 3.69. The molecule has 1 aromatic heterocycles. The molecule has 0 unspecified atom stereocenters. The number of pyridine rings is 1. The van der Waals surface area contributed by atoms with Crippen molar-refractivity contribution in [2.45, 2.75) is 25.3 Å². The summed E-state index contributed by atoms with van der Waals surface area (Å²) in [5.41, 5.74) is 2.22. The van der Waals surface area contributed by atoms with E-state index in [0.717, 1.165) is 29.1 Å². The summed E-state index contributed by atoms with van der Waals surface area (Å²) in [6.07, 6.45) is 5.49. The van der Waals surface area contributed by atoms with Gasteiger partial charge in [-0.15, -0.1) is 0 Å². The molecule has 1 aliphatic carbocycles. The zero-order valence-electron chi connectivity index (χ0n) is 11.1. The van der Waals surface area contributed by atoms with Gasteiger partial charge in [-0.1, -0.05) is 6.42 Å². The van der Waals surface area contributed by atoms with Crippen molar-refractivity contribution in [1.29, 1.82) is 0 Å². The molecule has 0 amide bonds. The lowest BCUT2D eigenvalue weighted by atomic mass is 9.91. The fourth-order valence-electron chi connectivity index (χ4n) is 3.69. The molecule has 2 fully saturated rings. The first kappa shape index (κ1) is 11.7. The quantitative estimate of drug-likeness (QED) is 0.910. The highest BCUT2D eigenvalue weighted by molar-refractivity contribution is 6.03. The molecule has 2 heterocycles. The Bertz CT molecular complexity index is 698. The molecule has 0 spiro atoms. The van der Waals surface area contributed by atoms with E-state index in [2.05, 4.69) is 16.0 Å². The van der Waals surface area contributed by atoms with Gasteiger partial charge in [-0.05, 0) is 43.0 Å². The minimum atomic E-state index is -0.892. The Kier molecular flexibility index (Phi) is 2.46. The average Bonchev–Trinajstić information content (AvgIpc) is 2.79. The summed E-state index contributed by atoms with van der Waals surface area (Å²) in [7, 11) is 0. The van der Waals surface area contributed by atoms with E-state index in [4.69, 9.17) is 0 Å². The van der Waals surface area contributed by atoms with Gasteiger partial charge in [0, 0.05) is 29.9 Å². The smallest absolute Gasteiger partial charge is 0.336 e. The fraction of sp³-hybridized carbons (Fsp3) is 0.375. The van der Waals surface area contributed by atoms with Crippen LogP contribution in [0.1, 0.15) is 29.6 Å². The number of hydrogen-bond donors (Lipinski definition) is 1. The van der Waals surface area contributed by atoms with E-state index in [-0.39, 0.29) is 0 Å². The van der Waals surface area contributed by atoms with Gasteiger partial charge < -0.3 is 10.0 Å². The van der Waals surface area contributed by atoms with Crippen LogP contribution in [0.4, 0.5) is 5.69 Å². The standard InChI is InChI=1S/C16H16N2O2/c19-16(20)12-6-7-17-14-5-4-11(8-13(12)14)18-9-10-2-1-3-15(10)18/h4-8,10,15H,1-3,9H2,(H,19,20)/t10-,15-/m0/s1. The minimum absolute atomic E-state index is 0.334. The largest absolute Gasteiger partial charge is 0.478 e. The summed E-state index contributed by atoms with van der Waals surface area (Å²) in [5.74, 6) is -0.0459. The summed E-state index contributed by atoms with van der Waals surface area (Å²) >= 11 is 0. The molecule has 4 rings (SSSR count). The molecule has 1 saturated heterocycles. The van der Waals surface area contributed by atoms with Crippen LogP contribution in [0.3, 0.4) is 0 Å². The van der Waals surface area contributed by atoms with Crippen LogP contribution in [0.5, 0.6) is 0 Å². The normalized spacial score (nSPS) is 24.5. The Morgan fingerprint density at radius 3 is 3.00 bits per heavy atom. The second kappa shape index (κ2) is 4.20. The van der Waals surface area contributed by atoms with Crippen LogP contribution in [0, 0.1) is 5.92 Å². The molecule has 1 aromatic carbocycles. The molecular weight excluding hydrogens is 252 g/mol. The molecule has 102 valence electrons. The Balaban J connectivity index is 1.78. The van der Waals surface area contributed by atoms with Crippen LogP contribution in [0.15, 0.2) is 30.5 Å². The first-order valence-corrected chi connectivity index (χ1v) is 7.13. The van der Waals surface area contributed by atoms with Gasteiger partial charge in [0.15, 0.2) is 0 Å². The minimum Gasteiger partial charge on any atom is -0.478 e. The summed E-state index contributed by atoms with van der Waals surface area (Å²) in [6.45, 7) is 1.11. The van der Waals surface area contributed by atoms with Gasteiger partial charge in [-0.25, -0.2) is 4.79 Å². The second-order valence-corrected chi connectivity index (χ2v) is 5.78. The molecule has 1 saturated carbocycles. The highest BCUT2D eigenvalue weighted by Crippen LogP contribution is 2.42. The van der Waals surface area contributed by atoms with Gasteiger partial charge in [0.25, 0.3) is 0 Å². The zero-order chi connectivity index (χ0) is 13.7. The highest BCUT2D eigenvalue weighted by Gasteiger charge is 2.41. The lowest BCUT2D eigenvalue weighted by Crippen LogP contribution is -2.53. The summed E-state index contributed by atoms with van der Waals surface area (Å²) in [5, 5.41) is 10.0. The third kappa shape index (κ3) is 1.60. The van der Waals surface area contributed by atoms with E-state index in [1.165, 1.54) is 19.3 Å². The third-order valence-corrected chi connectivity index (χ3v) is 4.74. The van der Waals surface area contributed by atoms with Crippen molar-refractivity contribution in [3.63, 3.8) is 0 Å². The maximum absolute atomic E-state index is 11.3. The van der Waals surface area contributed by atoms with Crippen molar-refractivity contribution in [1.82, 2.24) is 4.98 Å². The van der Waals surface area contributed by atoms with E-state index >= 15 is 0 Å². The number of fused-ring (bicyclic) bond motifs is 2. The lowest BCUT2D eigenvalue weighted by molar-refractivity contribution is 0.0699. The Morgan fingerprint density at radius 1 is 1.30 bits per heavy atom. The number of aromatic carboxylic acids is 1. The number of carboxylic acids is 1. The molecule has 0 radical (unpaired) electrons. The SMILES string of the molecule is O=C(O)c1ccnc2ccc(N3C[C@@H]4CCC[C@@H]43)cc12. The molecule has 0 bridgehead atoms. The van der Waals surface area contributed by atoms with Crippen molar-refractivity contribution in [3.05, 3.63) is 36.0 Å². The third-order valence-electron chi connectivity index (χ3n) is 4.74. The van der Waals surface area contributed by atoms with Crippen LogP contribution in [0.2, 0.25) is 0 Å². The number of rotatable bonds is 2. The number of benzene rings is 1. The number of aromatic nitrogens is 1. The van der Waals surface area contributed by atoms with E-state index in [1.54, 1.807) is 12.3 Å². The molecule has 2 atom stereocenters. The van der Waals surface area contributed by atoms with Crippen molar-refractivity contribution >= 4 is 22.6 Å². The van der Waals surface area contributed by atoms with Crippen LogP contribution < -0.4 is 4.90 Å². The van der Waals surface area contributed by atoms with Crippen molar-refractivity contribution in [3.8, 4) is 0 Å². The maximum Gasteiger partial charge on any atom is 0.336 e. The van der Waals surface area contributed by atoms with Gasteiger partial charge in [0.05, 0.1) is 11.1 Å². The predicted molar refractivity (Wildman–Crippen MR) is 77.2 cm³/mol. The molecular formula is C16H16N2O2. The molecule has 2 aromatic rings. The lowest BCUT2D eigenvalue weighted by Gasteiger charge is -2.46. The molecule has 1 aliphatic heterocycles. The monoisotopic (exact) mass is 268 g/mol. The van der Waals surface area contributed by atoms with E-state index in [1.807, 2.05) is 12.1 Å². The van der Waals surface area contributed by atoms with Gasteiger partial charge in [0.2, 0.25) is 0 Å². The molecule has 1 N–H and O–H groups in total. The maximum atomic E-state index is 11.3. The summed E-state index contributed by atoms with van der Waals surface area (Å²) in [6, 6.07) is 8.22. The van der Waals surface area contributed by atoms with Crippen LogP contribution in [-0.4, -0.2) is 28.6 Å². The first-order chi connectivity index (χ1) is 9.74. The van der Waals surface area contributed by atoms with Gasteiger partial charge in [0.1, 0.15) is 0 Å². The Morgan fingerprint density at radius 2 is 2.20 bits per heavy atom. The molecule has 20 heavy (non-hydrogen) atoms. The van der Waals surface area contributed by atoms with Crippen molar-refractivity contribution in [2.24, 2.45) is 5.92 Å². The summed E-state index contributed by atoms with van der Waals surface area (Å²) < 4.78 is 0. The van der Waals surface area contributed by atoms with E-state index in [0.29, 0.717) is 11.6 Å². The Labute approximate surface area is 117 Å². The topological polar surface area (TPSA) is 53.4 Å². The second-order valence-electron chi connectivity index (χ2n) is 5.78. The zero-order valence-corrected chi connectivity index (χ0v) is 11.1. The van der Waals surface area contributed by atoms with Gasteiger partial charge >= 0.3 is 5.97 Å². The number of hydrogen-bond acceptors (Lipinski definition) is 3. The van der Waals surface area contributed by atoms with Crippen molar-refractivity contribution in [2.75, 3.05) is 11.4 Å². The number of carboxylic acid groups (broad SMARTS) is 1. The van der Waals surface area contributed by atoms with Gasteiger partial charge in [-0.3, -0.25) is 4.98 Å². The van der Waals surface area contributed by atoms with Gasteiger partial charge in [-0.2, -0.15) is 0 Å². The predicted octanol–water partition coefficient (Wildman–Crippen LogP) is 2.92. The van der Waals surface area contributed by atoms with Crippen LogP contribution >= 0.6 is 0 Å². The summed E-state index contributed by atoms with van der Waals surface area (Å²) in [4.78, 5) is 18.0. The van der Waals surface area contributed by atoms with E-state index < -0.39 is 5.97 Å².